The minimum atomic E-state index is -1.11. The van der Waals surface area contributed by atoms with Gasteiger partial charge in [0.05, 0.1) is 0 Å². The lowest BCUT2D eigenvalue weighted by molar-refractivity contribution is 0.189. The second kappa shape index (κ2) is 7.25. The van der Waals surface area contributed by atoms with Crippen LogP contribution in [0.5, 0.6) is 0 Å². The highest BCUT2D eigenvalue weighted by molar-refractivity contribution is 5.65. The second-order valence-corrected chi connectivity index (χ2v) is 4.37. The number of benzene rings is 1. The first-order valence-corrected chi connectivity index (χ1v) is 5.97. The van der Waals surface area contributed by atoms with E-state index in [0.717, 1.165) is 11.1 Å². The average molecular weight is 266 g/mol. The SMILES string of the molecule is Cc1ccccc1CC(CNC(=O)O)CNC(=O)O. The van der Waals surface area contributed by atoms with Crippen molar-refractivity contribution in [3.63, 3.8) is 0 Å². The van der Waals surface area contributed by atoms with Crippen LogP contribution >= 0.6 is 0 Å². The molecule has 0 bridgehead atoms. The summed E-state index contributed by atoms with van der Waals surface area (Å²) in [5, 5.41) is 21.8. The van der Waals surface area contributed by atoms with E-state index in [1.807, 2.05) is 31.2 Å². The highest BCUT2D eigenvalue weighted by Crippen LogP contribution is 2.12. The van der Waals surface area contributed by atoms with E-state index in [1.54, 1.807) is 0 Å². The van der Waals surface area contributed by atoms with Gasteiger partial charge in [-0.1, -0.05) is 24.3 Å². The normalized spacial score (nSPS) is 10.2. The van der Waals surface area contributed by atoms with Gasteiger partial charge in [0.1, 0.15) is 0 Å². The Hall–Kier alpha value is -2.24. The molecule has 0 heterocycles. The summed E-state index contributed by atoms with van der Waals surface area (Å²) in [6.07, 6.45) is -1.59. The fraction of sp³-hybridized carbons (Fsp3) is 0.385. The van der Waals surface area contributed by atoms with Crippen LogP contribution in [0.2, 0.25) is 0 Å². The van der Waals surface area contributed by atoms with E-state index < -0.39 is 12.2 Å². The molecule has 0 fully saturated rings. The van der Waals surface area contributed by atoms with Gasteiger partial charge in [0, 0.05) is 13.1 Å². The maximum atomic E-state index is 10.5. The maximum absolute atomic E-state index is 10.5. The molecule has 19 heavy (non-hydrogen) atoms. The summed E-state index contributed by atoms with van der Waals surface area (Å²) < 4.78 is 0. The molecule has 1 rings (SSSR count). The van der Waals surface area contributed by atoms with E-state index in [1.165, 1.54) is 0 Å². The summed E-state index contributed by atoms with van der Waals surface area (Å²) in [4.78, 5) is 21.0. The van der Waals surface area contributed by atoms with Crippen molar-refractivity contribution in [2.45, 2.75) is 13.3 Å². The van der Waals surface area contributed by atoms with E-state index in [2.05, 4.69) is 10.6 Å². The Morgan fingerprint density at radius 1 is 1.11 bits per heavy atom. The smallest absolute Gasteiger partial charge is 0.404 e. The summed E-state index contributed by atoms with van der Waals surface area (Å²) in [6, 6.07) is 7.78. The summed E-state index contributed by atoms with van der Waals surface area (Å²) in [5.41, 5.74) is 2.20. The standard InChI is InChI=1S/C13H18N2O4/c1-9-4-2-3-5-11(9)6-10(7-14-12(16)17)8-15-13(18)19/h2-5,10,14-15H,6-8H2,1H3,(H,16,17)(H,18,19). The van der Waals surface area contributed by atoms with Crippen LogP contribution in [0, 0.1) is 12.8 Å². The molecular weight excluding hydrogens is 248 g/mol. The molecule has 0 radical (unpaired) electrons. The highest BCUT2D eigenvalue weighted by atomic mass is 16.4. The first-order chi connectivity index (χ1) is 8.99. The van der Waals surface area contributed by atoms with Crippen molar-refractivity contribution < 1.29 is 19.8 Å². The molecule has 0 aromatic heterocycles. The zero-order valence-electron chi connectivity index (χ0n) is 10.7. The van der Waals surface area contributed by atoms with Crippen molar-refractivity contribution in [2.75, 3.05) is 13.1 Å². The van der Waals surface area contributed by atoms with Crippen molar-refractivity contribution in [3.05, 3.63) is 35.4 Å². The van der Waals surface area contributed by atoms with Crippen molar-refractivity contribution in [1.82, 2.24) is 10.6 Å². The molecule has 6 heteroatoms. The predicted molar refractivity (Wildman–Crippen MR) is 70.4 cm³/mol. The van der Waals surface area contributed by atoms with Gasteiger partial charge in [-0.2, -0.15) is 0 Å². The molecule has 0 spiro atoms. The molecule has 2 amide bonds. The number of hydrogen-bond acceptors (Lipinski definition) is 2. The molecule has 1 aromatic rings. The number of carbonyl (C=O) groups is 2. The number of amides is 2. The topological polar surface area (TPSA) is 98.7 Å². The molecule has 6 nitrogen and oxygen atoms in total. The third kappa shape index (κ3) is 5.76. The van der Waals surface area contributed by atoms with Crippen LogP contribution in [0.1, 0.15) is 11.1 Å². The zero-order chi connectivity index (χ0) is 14.3. The Balaban J connectivity index is 2.64. The van der Waals surface area contributed by atoms with Gasteiger partial charge in [-0.15, -0.1) is 0 Å². The monoisotopic (exact) mass is 266 g/mol. The van der Waals surface area contributed by atoms with Gasteiger partial charge >= 0.3 is 12.2 Å². The first kappa shape index (κ1) is 14.8. The number of carboxylic acid groups (broad SMARTS) is 2. The molecule has 0 atom stereocenters. The molecule has 4 N–H and O–H groups in total. The molecular formula is C13H18N2O4. The van der Waals surface area contributed by atoms with E-state index in [-0.39, 0.29) is 19.0 Å². The van der Waals surface area contributed by atoms with Gasteiger partial charge in [-0.05, 0) is 30.4 Å². The summed E-state index contributed by atoms with van der Waals surface area (Å²) in [5.74, 6) is -0.117. The lowest BCUT2D eigenvalue weighted by atomic mass is 9.96. The highest BCUT2D eigenvalue weighted by Gasteiger charge is 2.13. The van der Waals surface area contributed by atoms with Crippen LogP contribution in [0.25, 0.3) is 0 Å². The Morgan fingerprint density at radius 2 is 1.63 bits per heavy atom. The van der Waals surface area contributed by atoms with Crippen LogP contribution in [0.4, 0.5) is 9.59 Å². The lowest BCUT2D eigenvalue weighted by Gasteiger charge is -2.17. The van der Waals surface area contributed by atoms with E-state index in [9.17, 15) is 9.59 Å². The summed E-state index contributed by atoms with van der Waals surface area (Å²) >= 11 is 0. The van der Waals surface area contributed by atoms with Crippen LogP contribution in [0.15, 0.2) is 24.3 Å². The van der Waals surface area contributed by atoms with Gasteiger partial charge < -0.3 is 20.8 Å². The Labute approximate surface area is 111 Å². The lowest BCUT2D eigenvalue weighted by Crippen LogP contribution is -2.36. The van der Waals surface area contributed by atoms with Crippen LogP contribution in [0.3, 0.4) is 0 Å². The van der Waals surface area contributed by atoms with E-state index in [4.69, 9.17) is 10.2 Å². The fourth-order valence-electron chi connectivity index (χ4n) is 1.83. The first-order valence-electron chi connectivity index (χ1n) is 5.97. The minimum Gasteiger partial charge on any atom is -0.465 e. The third-order valence-corrected chi connectivity index (χ3v) is 2.85. The van der Waals surface area contributed by atoms with Gasteiger partial charge in [0.15, 0.2) is 0 Å². The average Bonchev–Trinajstić information content (AvgIpc) is 2.34. The second-order valence-electron chi connectivity index (χ2n) is 4.37. The van der Waals surface area contributed by atoms with Crippen LogP contribution in [-0.2, 0) is 6.42 Å². The minimum absolute atomic E-state index is 0.117. The predicted octanol–water partition coefficient (Wildman–Crippen LogP) is 1.69. The number of aryl methyl sites for hydroxylation is 1. The number of hydrogen-bond donors (Lipinski definition) is 4. The zero-order valence-corrected chi connectivity index (χ0v) is 10.7. The van der Waals surface area contributed by atoms with Crippen molar-refractivity contribution in [1.29, 1.82) is 0 Å². The van der Waals surface area contributed by atoms with E-state index in [0.29, 0.717) is 6.42 Å². The van der Waals surface area contributed by atoms with Crippen LogP contribution < -0.4 is 10.6 Å². The molecule has 1 aromatic carbocycles. The molecule has 0 unspecified atom stereocenters. The van der Waals surface area contributed by atoms with E-state index >= 15 is 0 Å². The molecule has 0 saturated heterocycles. The van der Waals surface area contributed by atoms with Crippen LogP contribution in [-0.4, -0.2) is 35.5 Å². The largest absolute Gasteiger partial charge is 0.465 e. The fourth-order valence-corrected chi connectivity index (χ4v) is 1.83. The van der Waals surface area contributed by atoms with Gasteiger partial charge in [-0.25, -0.2) is 9.59 Å². The summed E-state index contributed by atoms with van der Waals surface area (Å²) in [7, 11) is 0. The summed E-state index contributed by atoms with van der Waals surface area (Å²) in [6.45, 7) is 2.40. The number of nitrogens with one attached hydrogen (secondary N) is 2. The molecule has 0 aliphatic rings. The Bertz CT molecular complexity index is 430. The molecule has 0 aliphatic heterocycles. The molecule has 0 aliphatic carbocycles. The quantitative estimate of drug-likeness (QED) is 0.629. The van der Waals surface area contributed by atoms with Gasteiger partial charge in [0.2, 0.25) is 0 Å². The van der Waals surface area contributed by atoms with Gasteiger partial charge in [-0.3, -0.25) is 0 Å². The van der Waals surface area contributed by atoms with Crippen molar-refractivity contribution in [2.24, 2.45) is 5.92 Å². The molecule has 104 valence electrons. The Morgan fingerprint density at radius 3 is 2.11 bits per heavy atom. The maximum Gasteiger partial charge on any atom is 0.404 e. The molecule has 0 saturated carbocycles. The van der Waals surface area contributed by atoms with Gasteiger partial charge in [0.25, 0.3) is 0 Å². The Kier molecular flexibility index (Phi) is 5.66. The third-order valence-electron chi connectivity index (χ3n) is 2.85. The number of rotatable bonds is 6. The van der Waals surface area contributed by atoms with Crippen molar-refractivity contribution in [3.8, 4) is 0 Å². The van der Waals surface area contributed by atoms with Crippen molar-refractivity contribution >= 4 is 12.2 Å².